The topological polar surface area (TPSA) is 60.0 Å². The van der Waals surface area contributed by atoms with Crippen LogP contribution in [0.15, 0.2) is 42.5 Å². The van der Waals surface area contributed by atoms with Crippen LogP contribution in [-0.2, 0) is 6.18 Å². The summed E-state index contributed by atoms with van der Waals surface area (Å²) in [4.78, 5) is 4.35. The summed E-state index contributed by atoms with van der Waals surface area (Å²) in [5, 5.41) is 6.87. The molecule has 3 rings (SSSR count). The first-order chi connectivity index (χ1) is 12.4. The van der Waals surface area contributed by atoms with Gasteiger partial charge in [-0.1, -0.05) is 12.1 Å². The van der Waals surface area contributed by atoms with E-state index in [9.17, 15) is 13.2 Å². The molecule has 0 radical (unpaired) electrons. The molecule has 0 amide bonds. The number of nitrogens with zero attached hydrogens (tertiary/aromatic N) is 2. The normalized spacial score (nSPS) is 11.4. The molecule has 2 aromatic carbocycles. The number of methoxy groups -OCH3 is 1. The lowest BCUT2D eigenvalue weighted by Gasteiger charge is -2.09. The maximum absolute atomic E-state index is 12.6. The monoisotopic (exact) mass is 363 g/mol. The van der Waals surface area contributed by atoms with Gasteiger partial charge in [0, 0.05) is 11.1 Å². The first-order valence-corrected chi connectivity index (χ1v) is 7.83. The molecule has 26 heavy (non-hydrogen) atoms. The molecule has 0 saturated carbocycles. The highest BCUT2D eigenvalue weighted by Gasteiger charge is 2.30. The average molecular weight is 363 g/mol. The van der Waals surface area contributed by atoms with Crippen molar-refractivity contribution in [1.29, 1.82) is 0 Å². The summed E-state index contributed by atoms with van der Waals surface area (Å²) in [6, 6.07) is 10.0. The van der Waals surface area contributed by atoms with Gasteiger partial charge < -0.3 is 9.47 Å². The first-order valence-electron chi connectivity index (χ1n) is 7.83. The summed E-state index contributed by atoms with van der Waals surface area (Å²) in [6.07, 6.45) is -4.37. The fourth-order valence-corrected chi connectivity index (χ4v) is 2.42. The minimum Gasteiger partial charge on any atom is -0.493 e. The van der Waals surface area contributed by atoms with E-state index in [1.807, 2.05) is 6.92 Å². The van der Waals surface area contributed by atoms with Gasteiger partial charge in [0.1, 0.15) is 0 Å². The Kier molecular flexibility index (Phi) is 4.83. The Balaban J connectivity index is 1.88. The molecule has 0 saturated heterocycles. The van der Waals surface area contributed by atoms with Crippen LogP contribution in [0, 0.1) is 0 Å². The Morgan fingerprint density at radius 1 is 1.00 bits per heavy atom. The van der Waals surface area contributed by atoms with Crippen molar-refractivity contribution in [3.05, 3.63) is 48.0 Å². The molecule has 0 unspecified atom stereocenters. The van der Waals surface area contributed by atoms with Gasteiger partial charge in [0.25, 0.3) is 0 Å². The Morgan fingerprint density at radius 2 is 1.69 bits per heavy atom. The molecule has 0 fully saturated rings. The number of aromatic amines is 1. The van der Waals surface area contributed by atoms with Crippen molar-refractivity contribution in [2.45, 2.75) is 13.1 Å². The highest BCUT2D eigenvalue weighted by molar-refractivity contribution is 5.64. The van der Waals surface area contributed by atoms with Crippen LogP contribution in [0.2, 0.25) is 0 Å². The molecule has 136 valence electrons. The molecule has 1 aromatic heterocycles. The molecule has 0 aliphatic heterocycles. The van der Waals surface area contributed by atoms with Gasteiger partial charge in [0.15, 0.2) is 23.1 Å². The van der Waals surface area contributed by atoms with Gasteiger partial charge in [-0.05, 0) is 37.3 Å². The van der Waals surface area contributed by atoms with Gasteiger partial charge in [0.2, 0.25) is 0 Å². The summed E-state index contributed by atoms with van der Waals surface area (Å²) >= 11 is 0. The van der Waals surface area contributed by atoms with Gasteiger partial charge in [-0.15, -0.1) is 0 Å². The van der Waals surface area contributed by atoms with E-state index in [0.29, 0.717) is 40.9 Å². The van der Waals surface area contributed by atoms with Crippen molar-refractivity contribution in [2.24, 2.45) is 0 Å². The number of nitrogens with one attached hydrogen (secondary N) is 1. The number of H-pyrrole nitrogens is 1. The van der Waals surface area contributed by atoms with Crippen LogP contribution in [0.25, 0.3) is 22.8 Å². The third-order valence-electron chi connectivity index (χ3n) is 3.69. The number of rotatable bonds is 5. The van der Waals surface area contributed by atoms with E-state index < -0.39 is 11.7 Å². The average Bonchev–Trinajstić information content (AvgIpc) is 3.12. The van der Waals surface area contributed by atoms with E-state index in [1.54, 1.807) is 18.2 Å². The zero-order valence-corrected chi connectivity index (χ0v) is 14.1. The van der Waals surface area contributed by atoms with E-state index in [4.69, 9.17) is 9.47 Å². The van der Waals surface area contributed by atoms with Gasteiger partial charge in [0.05, 0.1) is 19.3 Å². The Hall–Kier alpha value is -3.03. The van der Waals surface area contributed by atoms with Crippen LogP contribution >= 0.6 is 0 Å². The van der Waals surface area contributed by atoms with Crippen LogP contribution in [-0.4, -0.2) is 28.9 Å². The lowest BCUT2D eigenvalue weighted by Crippen LogP contribution is -2.04. The molecular weight excluding hydrogens is 347 g/mol. The van der Waals surface area contributed by atoms with Gasteiger partial charge in [-0.2, -0.15) is 18.3 Å². The SMILES string of the molecule is CCOc1ccc(-c2n[nH]c(-c3ccc(C(F)(F)F)cc3)n2)cc1OC. The van der Waals surface area contributed by atoms with Crippen LogP contribution in [0.3, 0.4) is 0 Å². The van der Waals surface area contributed by atoms with Crippen LogP contribution < -0.4 is 9.47 Å². The van der Waals surface area contributed by atoms with E-state index in [-0.39, 0.29) is 0 Å². The maximum atomic E-state index is 12.6. The van der Waals surface area contributed by atoms with Crippen LogP contribution in [0.1, 0.15) is 12.5 Å². The number of halogens is 3. The number of benzene rings is 2. The quantitative estimate of drug-likeness (QED) is 0.722. The largest absolute Gasteiger partial charge is 0.493 e. The molecular formula is C18H16F3N3O2. The molecule has 3 aromatic rings. The van der Waals surface area contributed by atoms with Crippen molar-refractivity contribution >= 4 is 0 Å². The van der Waals surface area contributed by atoms with Crippen molar-refractivity contribution < 1.29 is 22.6 Å². The standard InChI is InChI=1S/C18H16F3N3O2/c1-3-26-14-9-6-12(10-15(14)25-2)17-22-16(23-24-17)11-4-7-13(8-5-11)18(19,20)21/h4-10H,3H2,1-2H3,(H,22,23,24). The second kappa shape index (κ2) is 7.07. The van der Waals surface area contributed by atoms with Crippen molar-refractivity contribution in [2.75, 3.05) is 13.7 Å². The third kappa shape index (κ3) is 3.63. The second-order valence-electron chi connectivity index (χ2n) is 5.38. The fraction of sp³-hybridized carbons (Fsp3) is 0.222. The van der Waals surface area contributed by atoms with Crippen molar-refractivity contribution in [1.82, 2.24) is 15.2 Å². The first kappa shape index (κ1) is 17.8. The summed E-state index contributed by atoms with van der Waals surface area (Å²) in [5.41, 5.74) is 0.492. The zero-order valence-electron chi connectivity index (χ0n) is 14.1. The molecule has 8 heteroatoms. The summed E-state index contributed by atoms with van der Waals surface area (Å²) in [7, 11) is 1.53. The molecule has 0 bridgehead atoms. The van der Waals surface area contributed by atoms with E-state index >= 15 is 0 Å². The minimum atomic E-state index is -4.37. The van der Waals surface area contributed by atoms with E-state index in [2.05, 4.69) is 15.2 Å². The number of alkyl halides is 3. The Bertz CT molecular complexity index is 889. The van der Waals surface area contributed by atoms with E-state index in [0.717, 1.165) is 12.1 Å². The smallest absolute Gasteiger partial charge is 0.416 e. The third-order valence-corrected chi connectivity index (χ3v) is 3.69. The van der Waals surface area contributed by atoms with Crippen LogP contribution in [0.5, 0.6) is 11.5 Å². The second-order valence-corrected chi connectivity index (χ2v) is 5.38. The molecule has 0 spiro atoms. The number of hydrogen-bond donors (Lipinski definition) is 1. The summed E-state index contributed by atoms with van der Waals surface area (Å²) in [5.74, 6) is 1.94. The highest BCUT2D eigenvalue weighted by Crippen LogP contribution is 2.33. The molecule has 0 aliphatic carbocycles. The Labute approximate surface area is 147 Å². The molecule has 1 heterocycles. The van der Waals surface area contributed by atoms with Crippen molar-refractivity contribution in [3.8, 4) is 34.3 Å². The lowest BCUT2D eigenvalue weighted by molar-refractivity contribution is -0.137. The number of aromatic nitrogens is 3. The molecule has 5 nitrogen and oxygen atoms in total. The number of hydrogen-bond acceptors (Lipinski definition) is 4. The van der Waals surface area contributed by atoms with Gasteiger partial charge >= 0.3 is 6.18 Å². The maximum Gasteiger partial charge on any atom is 0.416 e. The van der Waals surface area contributed by atoms with Gasteiger partial charge in [-0.3, -0.25) is 5.10 Å². The zero-order chi connectivity index (χ0) is 18.7. The predicted octanol–water partition coefficient (Wildman–Crippen LogP) is 4.56. The van der Waals surface area contributed by atoms with Crippen molar-refractivity contribution in [3.63, 3.8) is 0 Å². The van der Waals surface area contributed by atoms with Gasteiger partial charge in [-0.25, -0.2) is 4.98 Å². The predicted molar refractivity (Wildman–Crippen MR) is 90.0 cm³/mol. The van der Waals surface area contributed by atoms with Crippen LogP contribution in [0.4, 0.5) is 13.2 Å². The molecule has 1 N–H and O–H groups in total. The number of ether oxygens (including phenoxy) is 2. The fourth-order valence-electron chi connectivity index (χ4n) is 2.42. The summed E-state index contributed by atoms with van der Waals surface area (Å²) < 4.78 is 48.7. The lowest BCUT2D eigenvalue weighted by atomic mass is 10.1. The molecule has 0 atom stereocenters. The molecule has 0 aliphatic rings. The van der Waals surface area contributed by atoms with E-state index in [1.165, 1.54) is 19.2 Å². The minimum absolute atomic E-state index is 0.376. The summed E-state index contributed by atoms with van der Waals surface area (Å²) in [6.45, 7) is 2.38. The highest BCUT2D eigenvalue weighted by atomic mass is 19.4. The Morgan fingerprint density at radius 3 is 2.31 bits per heavy atom.